The van der Waals surface area contributed by atoms with Gasteiger partial charge in [-0.05, 0) is 36.4 Å². The predicted octanol–water partition coefficient (Wildman–Crippen LogP) is 2.80. The fraction of sp³-hybridized carbons (Fsp3) is 0.308. The van der Waals surface area contributed by atoms with Crippen molar-refractivity contribution in [2.75, 3.05) is 32.8 Å². The molecule has 7 N–H and O–H groups in total. The SMILES string of the molecule is C.CO.COc1ccc2nc(C#N)sc2c1.COc1ccc2nc(C3=N[C@@H](C(N)=O)CS3)sc2c1.NC(=O)[C@H](N)CS. The number of aliphatic hydroxyl groups excluding tert-OH is 1. The van der Waals surface area contributed by atoms with Crippen molar-refractivity contribution in [2.45, 2.75) is 19.5 Å². The lowest BCUT2D eigenvalue weighted by Crippen LogP contribution is -2.37. The number of hydrogen-bond donors (Lipinski definition) is 5. The minimum Gasteiger partial charge on any atom is -0.497 e. The number of aliphatic imine (C=N–C) groups is 1. The molecule has 2 atom stereocenters. The van der Waals surface area contributed by atoms with Gasteiger partial charge in [0.05, 0.1) is 40.7 Å². The second kappa shape index (κ2) is 18.2. The van der Waals surface area contributed by atoms with Crippen LogP contribution >= 0.6 is 47.1 Å². The first-order chi connectivity index (χ1) is 19.7. The number of carbonyl (C=O) groups is 2. The number of benzene rings is 2. The highest BCUT2D eigenvalue weighted by atomic mass is 32.2. The molecule has 5 rings (SSSR count). The number of hydrogen-bond acceptors (Lipinski definition) is 14. The first-order valence-electron chi connectivity index (χ1n) is 11.6. The number of thioether (sulfide) groups is 1. The number of nitriles is 1. The van der Waals surface area contributed by atoms with Crippen molar-refractivity contribution in [3.8, 4) is 17.6 Å². The molecule has 226 valence electrons. The molecule has 2 aromatic heterocycles. The first-order valence-corrected chi connectivity index (χ1v) is 14.8. The molecule has 0 fully saturated rings. The Morgan fingerprint density at radius 3 is 2.05 bits per heavy atom. The van der Waals surface area contributed by atoms with E-state index in [2.05, 4.69) is 27.6 Å². The van der Waals surface area contributed by atoms with Gasteiger partial charge in [-0.3, -0.25) is 14.6 Å². The van der Waals surface area contributed by atoms with Crippen molar-refractivity contribution in [3.63, 3.8) is 0 Å². The van der Waals surface area contributed by atoms with Crippen LogP contribution in [0.3, 0.4) is 0 Å². The number of rotatable bonds is 6. The molecule has 0 aliphatic carbocycles. The molecule has 1 aliphatic heterocycles. The molecule has 3 heterocycles. The third-order valence-corrected chi connectivity index (χ3v) is 8.54. The van der Waals surface area contributed by atoms with Gasteiger partial charge in [0.25, 0.3) is 0 Å². The number of primary amides is 2. The molecule has 12 nitrogen and oxygen atoms in total. The van der Waals surface area contributed by atoms with Gasteiger partial charge in [0.15, 0.2) is 5.01 Å². The van der Waals surface area contributed by atoms with E-state index in [9.17, 15) is 9.59 Å². The maximum atomic E-state index is 11.1. The summed E-state index contributed by atoms with van der Waals surface area (Å²) in [5, 5.41) is 17.7. The molecule has 0 unspecified atom stereocenters. The van der Waals surface area contributed by atoms with Crippen molar-refractivity contribution < 1.29 is 24.2 Å². The summed E-state index contributed by atoms with van der Waals surface area (Å²) in [5.74, 6) is 1.62. The Labute approximate surface area is 261 Å². The van der Waals surface area contributed by atoms with Gasteiger partial charge in [-0.2, -0.15) is 17.9 Å². The van der Waals surface area contributed by atoms with Crippen molar-refractivity contribution in [1.82, 2.24) is 9.97 Å². The summed E-state index contributed by atoms with van der Waals surface area (Å²) in [6, 6.07) is 12.3. The van der Waals surface area contributed by atoms with Gasteiger partial charge in [0.1, 0.15) is 33.7 Å². The first kappa shape index (κ1) is 36.6. The minimum absolute atomic E-state index is 0. The molecule has 42 heavy (non-hydrogen) atoms. The molecule has 0 saturated heterocycles. The molecule has 2 amide bonds. The fourth-order valence-electron chi connectivity index (χ4n) is 2.93. The normalized spacial score (nSPS) is 13.8. The third kappa shape index (κ3) is 10.1. The van der Waals surface area contributed by atoms with Crippen molar-refractivity contribution in [1.29, 1.82) is 5.26 Å². The Bertz CT molecular complexity index is 1550. The molecular formula is C26H33N7O5S4. The number of ether oxygens (including phenoxy) is 2. The van der Waals surface area contributed by atoms with Crippen LogP contribution in [0.4, 0.5) is 0 Å². The number of methoxy groups -OCH3 is 2. The number of thiol groups is 1. The van der Waals surface area contributed by atoms with Gasteiger partial charge >= 0.3 is 0 Å². The van der Waals surface area contributed by atoms with E-state index >= 15 is 0 Å². The summed E-state index contributed by atoms with van der Waals surface area (Å²) in [4.78, 5) is 34.0. The summed E-state index contributed by atoms with van der Waals surface area (Å²) < 4.78 is 12.3. The highest BCUT2D eigenvalue weighted by Crippen LogP contribution is 2.31. The molecule has 2 aromatic carbocycles. The smallest absolute Gasteiger partial charge is 0.243 e. The van der Waals surface area contributed by atoms with E-state index < -0.39 is 18.0 Å². The predicted molar refractivity (Wildman–Crippen MR) is 175 cm³/mol. The standard InChI is InChI=1S/C12H11N3O2S2.C9H6N2OS.C3H8N2OS.CH4O.CH4/c1-17-6-2-3-7-9(4-6)19-12(14-7)11-15-8(5-18-11)10(13)16;1-12-6-2-3-7-8(4-6)13-9(5-10)11-7;4-2(1-7)3(5)6;1-2;/h2-4,8H,5H2,1H3,(H2,13,16);2-4H,1H3;2,7H,1,4H2,(H2,5,6);2H,1H3;1H4/t8-;;2-;;/m1.1../s1. The topological polar surface area (TPSA) is 213 Å². The van der Waals surface area contributed by atoms with Crippen LogP contribution in [0, 0.1) is 11.3 Å². The Morgan fingerprint density at radius 1 is 1.07 bits per heavy atom. The van der Waals surface area contributed by atoms with E-state index in [-0.39, 0.29) is 13.3 Å². The Hall–Kier alpha value is -3.46. The summed E-state index contributed by atoms with van der Waals surface area (Å²) in [6.45, 7) is 0. The van der Waals surface area contributed by atoms with Crippen molar-refractivity contribution >= 4 is 84.4 Å². The monoisotopic (exact) mass is 651 g/mol. The van der Waals surface area contributed by atoms with Gasteiger partial charge in [0, 0.05) is 18.6 Å². The van der Waals surface area contributed by atoms with E-state index in [1.807, 2.05) is 42.5 Å². The molecule has 16 heteroatoms. The second-order valence-corrected chi connectivity index (χ2v) is 11.1. The number of nitrogens with zero attached hydrogens (tertiary/aromatic N) is 4. The highest BCUT2D eigenvalue weighted by molar-refractivity contribution is 8.15. The van der Waals surface area contributed by atoms with Crippen LogP contribution in [0.25, 0.3) is 20.4 Å². The Kier molecular flexibility index (Phi) is 15.8. The number of nitrogens with two attached hydrogens (primary N) is 3. The second-order valence-electron chi connectivity index (χ2n) is 7.67. The lowest BCUT2D eigenvalue weighted by molar-refractivity contribution is -0.119. The number of aliphatic hydroxyl groups is 1. The zero-order chi connectivity index (χ0) is 30.5. The van der Waals surface area contributed by atoms with E-state index in [1.165, 1.54) is 23.1 Å². The van der Waals surface area contributed by atoms with E-state index in [4.69, 9.17) is 37.0 Å². The summed E-state index contributed by atoms with van der Waals surface area (Å²) in [6.07, 6.45) is 0. The van der Waals surface area contributed by atoms with E-state index in [1.54, 1.807) is 25.6 Å². The van der Waals surface area contributed by atoms with E-state index in [0.717, 1.165) is 49.1 Å². The van der Waals surface area contributed by atoms with Crippen molar-refractivity contribution in [3.05, 3.63) is 46.4 Å². The van der Waals surface area contributed by atoms with Crippen LogP contribution in [0.2, 0.25) is 0 Å². The zero-order valence-corrected chi connectivity index (χ0v) is 25.7. The number of fused-ring (bicyclic) bond motifs is 2. The fourth-order valence-corrected chi connectivity index (χ4v) is 6.01. The number of carbonyl (C=O) groups excluding carboxylic acids is 2. The van der Waals surface area contributed by atoms with Crippen LogP contribution in [0.15, 0.2) is 41.4 Å². The Morgan fingerprint density at radius 2 is 1.62 bits per heavy atom. The molecule has 0 spiro atoms. The molecule has 1 aliphatic rings. The molecular weight excluding hydrogens is 619 g/mol. The van der Waals surface area contributed by atoms with Gasteiger partial charge in [0.2, 0.25) is 11.8 Å². The average molecular weight is 652 g/mol. The van der Waals surface area contributed by atoms with Crippen LogP contribution < -0.4 is 26.7 Å². The molecule has 4 aromatic rings. The Balaban J connectivity index is 0.000000334. The van der Waals surface area contributed by atoms with Crippen LogP contribution in [0.5, 0.6) is 11.5 Å². The lowest BCUT2D eigenvalue weighted by atomic mass is 10.3. The van der Waals surface area contributed by atoms with Crippen LogP contribution in [-0.4, -0.2) is 76.9 Å². The van der Waals surface area contributed by atoms with Crippen LogP contribution in [-0.2, 0) is 9.59 Å². The summed E-state index contributed by atoms with van der Waals surface area (Å²) >= 11 is 8.17. The average Bonchev–Trinajstić information content (AvgIpc) is 3.75. The van der Waals surface area contributed by atoms with Gasteiger partial charge in [-0.15, -0.1) is 34.4 Å². The maximum absolute atomic E-state index is 11.1. The van der Waals surface area contributed by atoms with E-state index in [0.29, 0.717) is 16.5 Å². The highest BCUT2D eigenvalue weighted by Gasteiger charge is 2.25. The maximum Gasteiger partial charge on any atom is 0.243 e. The van der Waals surface area contributed by atoms with Crippen molar-refractivity contribution in [2.24, 2.45) is 22.2 Å². The van der Waals surface area contributed by atoms with Gasteiger partial charge in [-0.1, -0.05) is 7.43 Å². The number of aromatic nitrogens is 2. The third-order valence-electron chi connectivity index (χ3n) is 5.01. The van der Waals surface area contributed by atoms with Gasteiger partial charge in [-0.25, -0.2) is 9.97 Å². The molecule has 0 bridgehead atoms. The zero-order valence-electron chi connectivity index (χ0n) is 22.3. The summed E-state index contributed by atoms with van der Waals surface area (Å²) in [7, 11) is 4.25. The number of thiazole rings is 2. The summed E-state index contributed by atoms with van der Waals surface area (Å²) in [5.41, 5.74) is 16.8. The largest absolute Gasteiger partial charge is 0.497 e. The molecule has 0 saturated carbocycles. The lowest BCUT2D eigenvalue weighted by Gasteiger charge is -1.98. The minimum atomic E-state index is -0.594. The van der Waals surface area contributed by atoms with Gasteiger partial charge < -0.3 is 31.8 Å². The van der Waals surface area contributed by atoms with Crippen LogP contribution in [0.1, 0.15) is 17.4 Å². The quantitative estimate of drug-likeness (QED) is 0.192. The molecule has 0 radical (unpaired) electrons. The number of amides is 2.